The van der Waals surface area contributed by atoms with Crippen LogP contribution in [-0.4, -0.2) is 43.1 Å². The zero-order chi connectivity index (χ0) is 21.6. The molecule has 9 heteroatoms. The molecule has 2 aliphatic rings. The lowest BCUT2D eigenvalue weighted by atomic mass is 9.93. The molecule has 2 aliphatic heterocycles. The number of carbonyl (C=O) groups excluding carboxylic acids is 1. The molecular weight excluding hydrogens is 400 g/mol. The number of azide groups is 1. The summed E-state index contributed by atoms with van der Waals surface area (Å²) >= 11 is 0. The largest absolute Gasteiger partial charge is 0.348 e. The molecule has 162 valence electrons. The van der Waals surface area contributed by atoms with Crippen molar-refractivity contribution in [2.24, 2.45) is 5.11 Å². The number of hydrogen-bond donors (Lipinski definition) is 1. The minimum atomic E-state index is -0.832. The molecule has 0 bridgehead atoms. The first kappa shape index (κ1) is 21.3. The van der Waals surface area contributed by atoms with Crippen molar-refractivity contribution < 1.29 is 23.7 Å². The van der Waals surface area contributed by atoms with Crippen molar-refractivity contribution in [2.75, 3.05) is 6.61 Å². The van der Waals surface area contributed by atoms with Crippen molar-refractivity contribution >= 4 is 5.91 Å². The average Bonchev–Trinajstić information content (AvgIpc) is 2.80. The van der Waals surface area contributed by atoms with E-state index < -0.39 is 36.9 Å². The molecular formula is C22H24N4O5. The van der Waals surface area contributed by atoms with Crippen LogP contribution in [-0.2, 0) is 30.3 Å². The van der Waals surface area contributed by atoms with Gasteiger partial charge in [0.15, 0.2) is 12.6 Å². The Hall–Kier alpha value is -2.94. The summed E-state index contributed by atoms with van der Waals surface area (Å²) in [5.41, 5.74) is 11.0. The first-order chi connectivity index (χ1) is 15.2. The fourth-order valence-electron chi connectivity index (χ4n) is 3.85. The molecule has 2 aromatic rings. The van der Waals surface area contributed by atoms with Gasteiger partial charge < -0.3 is 24.3 Å². The number of ether oxygens (including phenoxy) is 4. The van der Waals surface area contributed by atoms with Crippen LogP contribution in [0.25, 0.3) is 10.4 Å². The Morgan fingerprint density at radius 3 is 2.55 bits per heavy atom. The summed E-state index contributed by atoms with van der Waals surface area (Å²) < 4.78 is 24.1. The first-order valence-electron chi connectivity index (χ1n) is 10.1. The van der Waals surface area contributed by atoms with Crippen molar-refractivity contribution in [1.82, 2.24) is 5.32 Å². The maximum Gasteiger partial charge on any atom is 0.217 e. The number of benzene rings is 2. The van der Waals surface area contributed by atoms with Gasteiger partial charge in [-0.05, 0) is 11.1 Å². The van der Waals surface area contributed by atoms with E-state index in [1.165, 1.54) is 6.92 Å². The van der Waals surface area contributed by atoms with E-state index in [1.54, 1.807) is 0 Å². The molecule has 1 amide bonds. The van der Waals surface area contributed by atoms with Crippen molar-refractivity contribution in [2.45, 2.75) is 50.4 Å². The van der Waals surface area contributed by atoms with E-state index in [0.717, 1.165) is 11.1 Å². The topological polar surface area (TPSA) is 115 Å². The lowest BCUT2D eigenvalue weighted by Crippen LogP contribution is -2.65. The van der Waals surface area contributed by atoms with E-state index in [4.69, 9.17) is 18.9 Å². The van der Waals surface area contributed by atoms with Crippen LogP contribution in [0.2, 0.25) is 0 Å². The third-order valence-corrected chi connectivity index (χ3v) is 5.25. The summed E-state index contributed by atoms with van der Waals surface area (Å²) in [6.45, 7) is 1.90. The molecule has 2 saturated heterocycles. The Labute approximate surface area is 179 Å². The Kier molecular flexibility index (Phi) is 6.81. The van der Waals surface area contributed by atoms with Crippen LogP contribution in [0.15, 0.2) is 65.8 Å². The molecule has 2 aromatic carbocycles. The van der Waals surface area contributed by atoms with Gasteiger partial charge in [0.25, 0.3) is 0 Å². The third-order valence-electron chi connectivity index (χ3n) is 5.25. The second-order valence-electron chi connectivity index (χ2n) is 7.44. The molecule has 2 fully saturated rings. The molecule has 9 nitrogen and oxygen atoms in total. The fourth-order valence-corrected chi connectivity index (χ4v) is 3.85. The molecule has 1 unspecified atom stereocenters. The van der Waals surface area contributed by atoms with Crippen LogP contribution in [0.5, 0.6) is 0 Å². The zero-order valence-electron chi connectivity index (χ0n) is 17.0. The minimum Gasteiger partial charge on any atom is -0.348 e. The van der Waals surface area contributed by atoms with Crippen LogP contribution in [0.1, 0.15) is 24.3 Å². The van der Waals surface area contributed by atoms with Crippen LogP contribution in [0.3, 0.4) is 0 Å². The number of nitrogens with one attached hydrogen (secondary N) is 1. The summed E-state index contributed by atoms with van der Waals surface area (Å²) in [7, 11) is 0. The van der Waals surface area contributed by atoms with Gasteiger partial charge in [0, 0.05) is 17.4 Å². The van der Waals surface area contributed by atoms with Crippen molar-refractivity contribution in [3.8, 4) is 0 Å². The number of rotatable bonds is 6. The maximum absolute atomic E-state index is 11.9. The monoisotopic (exact) mass is 424 g/mol. The van der Waals surface area contributed by atoms with Gasteiger partial charge in [0.2, 0.25) is 5.91 Å². The van der Waals surface area contributed by atoms with E-state index in [0.29, 0.717) is 0 Å². The van der Waals surface area contributed by atoms with E-state index in [1.807, 2.05) is 60.7 Å². The SMILES string of the molecule is CC(=O)N[C@H]1[C@@H](OCc2ccccc2)O[C@@H]2COC(c3ccccc3)O[C@H]2[C@@H]1N=[N+]=[N-]. The number of fused-ring (bicyclic) bond motifs is 1. The minimum absolute atomic E-state index is 0.236. The molecule has 0 aliphatic carbocycles. The summed E-state index contributed by atoms with van der Waals surface area (Å²) in [5, 5.41) is 6.78. The average molecular weight is 424 g/mol. The van der Waals surface area contributed by atoms with E-state index in [9.17, 15) is 10.3 Å². The van der Waals surface area contributed by atoms with Crippen LogP contribution < -0.4 is 5.32 Å². The van der Waals surface area contributed by atoms with Crippen molar-refractivity contribution in [3.63, 3.8) is 0 Å². The second-order valence-corrected chi connectivity index (χ2v) is 7.44. The van der Waals surface area contributed by atoms with Gasteiger partial charge in [-0.2, -0.15) is 0 Å². The van der Waals surface area contributed by atoms with Crippen molar-refractivity contribution in [3.05, 3.63) is 82.2 Å². The summed E-state index contributed by atoms with van der Waals surface area (Å²) in [6.07, 6.45) is -2.58. The summed E-state index contributed by atoms with van der Waals surface area (Å²) in [6, 6.07) is 17.6. The first-order valence-corrected chi connectivity index (χ1v) is 10.1. The molecule has 6 atom stereocenters. The van der Waals surface area contributed by atoms with Gasteiger partial charge in [-0.1, -0.05) is 65.8 Å². The van der Waals surface area contributed by atoms with E-state index >= 15 is 0 Å². The zero-order valence-corrected chi connectivity index (χ0v) is 17.0. The number of hydrogen-bond acceptors (Lipinski definition) is 6. The normalized spacial score (nSPS) is 30.0. The van der Waals surface area contributed by atoms with Gasteiger partial charge in [-0.3, -0.25) is 4.79 Å². The molecule has 4 rings (SSSR count). The molecule has 0 spiro atoms. The Balaban J connectivity index is 1.56. The maximum atomic E-state index is 11.9. The highest BCUT2D eigenvalue weighted by Crippen LogP contribution is 2.36. The van der Waals surface area contributed by atoms with Gasteiger partial charge in [-0.15, -0.1) is 0 Å². The van der Waals surface area contributed by atoms with E-state index in [2.05, 4.69) is 15.3 Å². The summed E-state index contributed by atoms with van der Waals surface area (Å²) in [4.78, 5) is 14.9. The van der Waals surface area contributed by atoms with Crippen LogP contribution >= 0.6 is 0 Å². The fraction of sp³-hybridized carbons (Fsp3) is 0.409. The third kappa shape index (κ3) is 5.04. The quantitative estimate of drug-likeness (QED) is 0.434. The Bertz CT molecular complexity index is 922. The van der Waals surface area contributed by atoms with Crippen LogP contribution in [0.4, 0.5) is 0 Å². The highest BCUT2D eigenvalue weighted by molar-refractivity contribution is 5.73. The standard InChI is InChI=1S/C22H24N4O5/c1-14(27)24-19-18(25-26-23)20-17(13-29-21(31-20)16-10-6-3-7-11-16)30-22(19)28-12-15-8-4-2-5-9-15/h2-11,17-22H,12-13H2,1H3,(H,24,27)/t17-,18-,19-,20-,21?,22+/m1/s1. The highest BCUT2D eigenvalue weighted by atomic mass is 16.7. The lowest BCUT2D eigenvalue weighted by molar-refractivity contribution is -0.327. The van der Waals surface area contributed by atoms with Gasteiger partial charge >= 0.3 is 0 Å². The Morgan fingerprint density at radius 1 is 1.16 bits per heavy atom. The number of carbonyl (C=O) groups is 1. The molecule has 2 heterocycles. The predicted octanol–water partition coefficient (Wildman–Crippen LogP) is 3.23. The molecule has 0 saturated carbocycles. The van der Waals surface area contributed by atoms with Gasteiger partial charge in [0.1, 0.15) is 12.2 Å². The molecule has 31 heavy (non-hydrogen) atoms. The number of amides is 1. The van der Waals surface area contributed by atoms with Crippen LogP contribution in [0, 0.1) is 0 Å². The smallest absolute Gasteiger partial charge is 0.217 e. The Morgan fingerprint density at radius 2 is 1.87 bits per heavy atom. The van der Waals surface area contributed by atoms with E-state index in [-0.39, 0.29) is 19.1 Å². The summed E-state index contributed by atoms with van der Waals surface area (Å²) in [5.74, 6) is -0.287. The highest BCUT2D eigenvalue weighted by Gasteiger charge is 2.50. The number of nitrogens with zero attached hydrogens (tertiary/aromatic N) is 3. The predicted molar refractivity (Wildman–Crippen MR) is 110 cm³/mol. The molecule has 1 N–H and O–H groups in total. The lowest BCUT2D eigenvalue weighted by Gasteiger charge is -2.48. The molecule has 0 radical (unpaired) electrons. The van der Waals surface area contributed by atoms with Crippen molar-refractivity contribution in [1.29, 1.82) is 0 Å². The van der Waals surface area contributed by atoms with Gasteiger partial charge in [-0.25, -0.2) is 0 Å². The van der Waals surface area contributed by atoms with Gasteiger partial charge in [0.05, 0.1) is 25.3 Å². The molecule has 0 aromatic heterocycles. The second kappa shape index (κ2) is 9.91.